The van der Waals surface area contributed by atoms with E-state index < -0.39 is 24.1 Å². The minimum Gasteiger partial charge on any atom is -0.436 e. The van der Waals surface area contributed by atoms with Crippen LogP contribution in [0.15, 0.2) is 24.3 Å². The second-order valence-corrected chi connectivity index (χ2v) is 6.64. The van der Waals surface area contributed by atoms with Crippen LogP contribution < -0.4 is 11.1 Å². The fourth-order valence-corrected chi connectivity index (χ4v) is 2.98. The lowest BCUT2D eigenvalue weighted by Crippen LogP contribution is -2.50. The van der Waals surface area contributed by atoms with Gasteiger partial charge in [-0.15, -0.1) is 0 Å². The van der Waals surface area contributed by atoms with E-state index in [-0.39, 0.29) is 18.4 Å². The van der Waals surface area contributed by atoms with Crippen molar-refractivity contribution in [3.63, 3.8) is 0 Å². The molecule has 0 aliphatic carbocycles. The minimum atomic E-state index is -1.01. The first-order valence-electron chi connectivity index (χ1n) is 8.60. The number of aliphatic hydroxyl groups excluding tert-OH is 1. The summed E-state index contributed by atoms with van der Waals surface area (Å²) >= 11 is 0. The third-order valence-electron chi connectivity index (χ3n) is 4.33. The molecule has 0 saturated carbocycles. The van der Waals surface area contributed by atoms with E-state index in [0.717, 1.165) is 5.56 Å². The number of benzene rings is 1. The molecule has 8 nitrogen and oxygen atoms in total. The van der Waals surface area contributed by atoms with E-state index in [1.54, 1.807) is 38.1 Å². The standard InChI is InChI=1S/C18H25N3O5/c1-11(2)15(26-18(19)25)17(24)21-9-3-4-14(21)16(23)20-13-7-5-12(10-22)6-8-13/h5-8,11,14-15,22H,3-4,9-10H2,1-2H3,(H2,19,25)(H,20,23)/t14-,15?/m0/s1. The van der Waals surface area contributed by atoms with Crippen LogP contribution >= 0.6 is 0 Å². The Labute approximate surface area is 152 Å². The summed E-state index contributed by atoms with van der Waals surface area (Å²) in [5.74, 6) is -0.966. The molecule has 1 unspecified atom stereocenters. The zero-order chi connectivity index (χ0) is 19.3. The molecule has 2 atom stereocenters. The van der Waals surface area contributed by atoms with Crippen molar-refractivity contribution in [2.24, 2.45) is 11.7 Å². The van der Waals surface area contributed by atoms with Crippen LogP contribution in [-0.4, -0.2) is 46.6 Å². The van der Waals surface area contributed by atoms with Gasteiger partial charge < -0.3 is 25.8 Å². The summed E-state index contributed by atoms with van der Waals surface area (Å²) in [6.07, 6.45) is -0.798. The summed E-state index contributed by atoms with van der Waals surface area (Å²) < 4.78 is 4.95. The highest BCUT2D eigenvalue weighted by molar-refractivity contribution is 5.98. The largest absolute Gasteiger partial charge is 0.436 e. The smallest absolute Gasteiger partial charge is 0.405 e. The maximum atomic E-state index is 12.8. The molecule has 142 valence electrons. The number of nitrogens with two attached hydrogens (primary N) is 1. The number of hydrogen-bond donors (Lipinski definition) is 3. The molecule has 1 fully saturated rings. The van der Waals surface area contributed by atoms with Gasteiger partial charge in [0.1, 0.15) is 6.04 Å². The number of carbonyl (C=O) groups is 3. The number of aliphatic hydroxyl groups is 1. The highest BCUT2D eigenvalue weighted by Crippen LogP contribution is 2.23. The molecule has 1 aliphatic heterocycles. The van der Waals surface area contributed by atoms with Crippen LogP contribution in [0, 0.1) is 5.92 Å². The first kappa shape index (κ1) is 19.7. The van der Waals surface area contributed by atoms with Gasteiger partial charge in [-0.1, -0.05) is 26.0 Å². The maximum absolute atomic E-state index is 12.8. The number of ether oxygens (including phenoxy) is 1. The Morgan fingerprint density at radius 1 is 1.31 bits per heavy atom. The minimum absolute atomic E-state index is 0.0738. The third-order valence-corrected chi connectivity index (χ3v) is 4.33. The highest BCUT2D eigenvalue weighted by atomic mass is 16.6. The van der Waals surface area contributed by atoms with Crippen molar-refractivity contribution in [1.29, 1.82) is 0 Å². The van der Waals surface area contributed by atoms with E-state index >= 15 is 0 Å². The Bertz CT molecular complexity index is 659. The average Bonchev–Trinajstić information content (AvgIpc) is 3.09. The maximum Gasteiger partial charge on any atom is 0.405 e. The summed E-state index contributed by atoms with van der Waals surface area (Å²) in [5, 5.41) is 11.8. The van der Waals surface area contributed by atoms with Gasteiger partial charge in [0.05, 0.1) is 6.61 Å². The van der Waals surface area contributed by atoms with Crippen molar-refractivity contribution in [3.8, 4) is 0 Å². The molecule has 3 amide bonds. The number of hydrogen-bond acceptors (Lipinski definition) is 5. The molecule has 2 rings (SSSR count). The fourth-order valence-electron chi connectivity index (χ4n) is 2.98. The normalized spacial score (nSPS) is 17.8. The van der Waals surface area contributed by atoms with Gasteiger partial charge in [-0.25, -0.2) is 4.79 Å². The zero-order valence-electron chi connectivity index (χ0n) is 15.0. The Hall–Kier alpha value is -2.61. The second-order valence-electron chi connectivity index (χ2n) is 6.64. The van der Waals surface area contributed by atoms with E-state index in [2.05, 4.69) is 5.32 Å². The van der Waals surface area contributed by atoms with Gasteiger partial charge in [0.15, 0.2) is 6.10 Å². The molecule has 0 spiro atoms. The monoisotopic (exact) mass is 363 g/mol. The molecule has 0 bridgehead atoms. The van der Waals surface area contributed by atoms with E-state index in [1.165, 1.54) is 4.90 Å². The molecule has 1 heterocycles. The lowest BCUT2D eigenvalue weighted by atomic mass is 10.1. The summed E-state index contributed by atoms with van der Waals surface area (Å²) in [7, 11) is 0. The Balaban J connectivity index is 2.08. The van der Waals surface area contributed by atoms with Crippen LogP contribution in [0.2, 0.25) is 0 Å². The van der Waals surface area contributed by atoms with Crippen LogP contribution in [0.1, 0.15) is 32.3 Å². The lowest BCUT2D eigenvalue weighted by molar-refractivity contribution is -0.146. The first-order valence-corrected chi connectivity index (χ1v) is 8.60. The van der Waals surface area contributed by atoms with E-state index in [9.17, 15) is 14.4 Å². The molecule has 4 N–H and O–H groups in total. The van der Waals surface area contributed by atoms with Crippen molar-refractivity contribution in [2.75, 3.05) is 11.9 Å². The molecule has 0 aromatic heterocycles. The van der Waals surface area contributed by atoms with Gasteiger partial charge in [-0.2, -0.15) is 0 Å². The van der Waals surface area contributed by atoms with E-state index in [1.807, 2.05) is 0 Å². The van der Waals surface area contributed by atoms with Gasteiger partial charge in [-0.3, -0.25) is 9.59 Å². The number of primary amides is 1. The Morgan fingerprint density at radius 2 is 1.96 bits per heavy atom. The zero-order valence-corrected chi connectivity index (χ0v) is 15.0. The third kappa shape index (κ3) is 4.72. The first-order chi connectivity index (χ1) is 12.3. The number of nitrogens with zero attached hydrogens (tertiary/aromatic N) is 1. The summed E-state index contributed by atoms with van der Waals surface area (Å²) in [6, 6.07) is 6.18. The predicted molar refractivity (Wildman–Crippen MR) is 95.0 cm³/mol. The van der Waals surface area contributed by atoms with Crippen LogP contribution in [0.3, 0.4) is 0 Å². The number of carbonyl (C=O) groups excluding carboxylic acids is 3. The van der Waals surface area contributed by atoms with Gasteiger partial charge in [0.25, 0.3) is 5.91 Å². The van der Waals surface area contributed by atoms with Crippen molar-refractivity contribution in [3.05, 3.63) is 29.8 Å². The van der Waals surface area contributed by atoms with Crippen LogP contribution in [0.5, 0.6) is 0 Å². The SMILES string of the molecule is CC(C)C(OC(N)=O)C(=O)N1CCC[C@H]1C(=O)Nc1ccc(CO)cc1. The quantitative estimate of drug-likeness (QED) is 0.702. The van der Waals surface area contributed by atoms with E-state index in [0.29, 0.717) is 25.1 Å². The molecule has 1 aliphatic rings. The summed E-state index contributed by atoms with van der Waals surface area (Å²) in [5.41, 5.74) is 6.38. The van der Waals surface area contributed by atoms with Crippen LogP contribution in [0.25, 0.3) is 0 Å². The van der Waals surface area contributed by atoms with Gasteiger partial charge in [-0.05, 0) is 36.5 Å². The van der Waals surface area contributed by atoms with Crippen molar-refractivity contribution in [2.45, 2.75) is 45.4 Å². The summed E-state index contributed by atoms with van der Waals surface area (Å²) in [4.78, 5) is 37.9. The van der Waals surface area contributed by atoms with Crippen molar-refractivity contribution < 1.29 is 24.2 Å². The number of anilines is 1. The molecule has 1 aromatic rings. The molecular weight excluding hydrogens is 338 g/mol. The average molecular weight is 363 g/mol. The topological polar surface area (TPSA) is 122 Å². The number of amides is 3. The summed E-state index contributed by atoms with van der Waals surface area (Å²) in [6.45, 7) is 3.85. The highest BCUT2D eigenvalue weighted by Gasteiger charge is 2.39. The second kappa shape index (κ2) is 8.66. The lowest BCUT2D eigenvalue weighted by Gasteiger charge is -2.29. The molecular formula is C18H25N3O5. The molecule has 8 heteroatoms. The molecule has 0 radical (unpaired) electrons. The fraction of sp³-hybridized carbons (Fsp3) is 0.500. The predicted octanol–water partition coefficient (Wildman–Crippen LogP) is 1.23. The van der Waals surface area contributed by atoms with Crippen LogP contribution in [-0.2, 0) is 20.9 Å². The molecule has 1 aromatic carbocycles. The van der Waals surface area contributed by atoms with Gasteiger partial charge in [0, 0.05) is 12.2 Å². The van der Waals surface area contributed by atoms with Crippen molar-refractivity contribution in [1.82, 2.24) is 4.90 Å². The molecule has 26 heavy (non-hydrogen) atoms. The van der Waals surface area contributed by atoms with Crippen molar-refractivity contribution >= 4 is 23.6 Å². The number of rotatable bonds is 6. The van der Waals surface area contributed by atoms with Gasteiger partial charge >= 0.3 is 6.09 Å². The number of nitrogens with one attached hydrogen (secondary N) is 1. The molecule has 1 saturated heterocycles. The number of likely N-dealkylation sites (tertiary alicyclic amines) is 1. The van der Waals surface area contributed by atoms with E-state index in [4.69, 9.17) is 15.6 Å². The van der Waals surface area contributed by atoms with Crippen LogP contribution in [0.4, 0.5) is 10.5 Å². The van der Waals surface area contributed by atoms with Gasteiger partial charge in [0.2, 0.25) is 5.91 Å². The Kier molecular flexibility index (Phi) is 6.57. The Morgan fingerprint density at radius 3 is 2.50 bits per heavy atom.